The predicted octanol–water partition coefficient (Wildman–Crippen LogP) is 3.70. The second kappa shape index (κ2) is 7.41. The van der Waals surface area contributed by atoms with Gasteiger partial charge in [-0.25, -0.2) is 4.79 Å². The summed E-state index contributed by atoms with van der Waals surface area (Å²) in [5.74, 6) is 3.06. The average molecular weight is 389 g/mol. The lowest BCUT2D eigenvalue weighted by Gasteiger charge is -2.57. The minimum absolute atomic E-state index is 0.0130. The van der Waals surface area contributed by atoms with Crippen LogP contribution in [0.25, 0.3) is 0 Å². The smallest absolute Gasteiger partial charge is 0.318 e. The summed E-state index contributed by atoms with van der Waals surface area (Å²) in [6, 6.07) is 1.54. The Morgan fingerprint density at radius 3 is 2.36 bits per heavy atom. The van der Waals surface area contributed by atoms with Crippen molar-refractivity contribution in [1.29, 1.82) is 0 Å². The van der Waals surface area contributed by atoms with Crippen LogP contribution in [0.15, 0.2) is 10.6 Å². The number of hydrogen-bond acceptors (Lipinski definition) is 4. The van der Waals surface area contributed by atoms with Crippen molar-refractivity contribution >= 4 is 17.8 Å². The Kier molecular flexibility index (Phi) is 5.10. The molecular formula is C21H32N4O3. The number of nitrogens with zero attached hydrogens (tertiary/aromatic N) is 2. The predicted molar refractivity (Wildman–Crippen MR) is 106 cm³/mol. The number of hydrogen-bond donors (Lipinski definition) is 2. The molecule has 1 atom stereocenters. The standard InChI is InChI=1S/C21H32N4O3/c1-4-13(2)25(12-19(26)22-18-5-14(3)28-24-18)20(27)23-21-9-15-6-16(10-21)8-17(7-15)11-21/h5,13,15-17H,4,6-12H2,1-3H3,(H,23,27)(H,22,24,26). The Morgan fingerprint density at radius 1 is 1.25 bits per heavy atom. The minimum Gasteiger partial charge on any atom is -0.360 e. The van der Waals surface area contributed by atoms with Crippen molar-refractivity contribution in [3.8, 4) is 0 Å². The maximum atomic E-state index is 13.2. The number of aromatic nitrogens is 1. The van der Waals surface area contributed by atoms with Gasteiger partial charge < -0.3 is 20.1 Å². The third-order valence-corrected chi connectivity index (χ3v) is 7.00. The van der Waals surface area contributed by atoms with E-state index in [1.54, 1.807) is 17.9 Å². The SMILES string of the molecule is CCC(C)N(CC(=O)Nc1cc(C)on1)C(=O)NC12CC3CC(CC(C3)C1)C2. The summed E-state index contributed by atoms with van der Waals surface area (Å²) in [6.07, 6.45) is 8.11. The third-order valence-electron chi connectivity index (χ3n) is 7.00. The molecule has 4 aliphatic rings. The first-order valence-corrected chi connectivity index (χ1v) is 10.7. The van der Waals surface area contributed by atoms with Crippen LogP contribution in [0.3, 0.4) is 0 Å². The van der Waals surface area contributed by atoms with Crippen molar-refractivity contribution in [1.82, 2.24) is 15.4 Å². The molecule has 0 aliphatic heterocycles. The van der Waals surface area contributed by atoms with Crippen molar-refractivity contribution in [2.24, 2.45) is 17.8 Å². The van der Waals surface area contributed by atoms with E-state index in [4.69, 9.17) is 4.52 Å². The van der Waals surface area contributed by atoms with Gasteiger partial charge in [0, 0.05) is 17.6 Å². The van der Waals surface area contributed by atoms with Gasteiger partial charge in [0.15, 0.2) is 5.82 Å². The first-order chi connectivity index (χ1) is 13.4. The van der Waals surface area contributed by atoms with Crippen molar-refractivity contribution in [3.63, 3.8) is 0 Å². The van der Waals surface area contributed by atoms with E-state index in [0.717, 1.165) is 43.4 Å². The molecule has 0 spiro atoms. The first-order valence-electron chi connectivity index (χ1n) is 10.7. The number of anilines is 1. The largest absolute Gasteiger partial charge is 0.360 e. The second-order valence-electron chi connectivity index (χ2n) is 9.38. The zero-order valence-corrected chi connectivity index (χ0v) is 17.2. The monoisotopic (exact) mass is 388 g/mol. The zero-order chi connectivity index (χ0) is 19.9. The molecule has 1 aromatic heterocycles. The van der Waals surface area contributed by atoms with Crippen LogP contribution in [0.4, 0.5) is 10.6 Å². The molecule has 5 rings (SSSR count). The van der Waals surface area contributed by atoms with Gasteiger partial charge in [-0.1, -0.05) is 12.1 Å². The fraction of sp³-hybridized carbons (Fsp3) is 0.762. The van der Waals surface area contributed by atoms with Crippen molar-refractivity contribution in [2.75, 3.05) is 11.9 Å². The van der Waals surface area contributed by atoms with Crippen LogP contribution in [0.5, 0.6) is 0 Å². The van der Waals surface area contributed by atoms with Gasteiger partial charge in [-0.05, 0) is 76.5 Å². The fourth-order valence-electron chi connectivity index (χ4n) is 5.97. The lowest BCUT2D eigenvalue weighted by Crippen LogP contribution is -2.63. The summed E-state index contributed by atoms with van der Waals surface area (Å²) in [5, 5.41) is 9.90. The highest BCUT2D eigenvalue weighted by atomic mass is 16.5. The third kappa shape index (κ3) is 3.89. The normalized spacial score (nSPS) is 31.5. The van der Waals surface area contributed by atoms with Crippen molar-refractivity contribution < 1.29 is 14.1 Å². The van der Waals surface area contributed by atoms with Gasteiger partial charge in [-0.3, -0.25) is 4.79 Å². The van der Waals surface area contributed by atoms with E-state index in [9.17, 15) is 9.59 Å². The quantitative estimate of drug-likeness (QED) is 0.778. The van der Waals surface area contributed by atoms with E-state index < -0.39 is 0 Å². The molecular weight excluding hydrogens is 356 g/mol. The Hall–Kier alpha value is -2.05. The molecule has 1 aromatic rings. The Morgan fingerprint density at radius 2 is 1.86 bits per heavy atom. The fourth-order valence-corrected chi connectivity index (χ4v) is 5.97. The minimum atomic E-state index is -0.255. The van der Waals surface area contributed by atoms with Gasteiger partial charge in [0.2, 0.25) is 5.91 Å². The number of aryl methyl sites for hydroxylation is 1. The highest BCUT2D eigenvalue weighted by Crippen LogP contribution is 2.55. The molecule has 154 valence electrons. The molecule has 1 heterocycles. The summed E-state index contributed by atoms with van der Waals surface area (Å²) in [5.41, 5.74) is -0.0583. The second-order valence-corrected chi connectivity index (χ2v) is 9.38. The molecule has 4 aliphatic carbocycles. The summed E-state index contributed by atoms with van der Waals surface area (Å²) in [6.45, 7) is 5.81. The molecule has 7 heteroatoms. The summed E-state index contributed by atoms with van der Waals surface area (Å²) in [7, 11) is 0. The molecule has 4 saturated carbocycles. The number of amides is 3. The molecule has 1 unspecified atom stereocenters. The van der Waals surface area contributed by atoms with Gasteiger partial charge >= 0.3 is 6.03 Å². The highest BCUT2D eigenvalue weighted by Gasteiger charge is 2.52. The molecule has 4 fully saturated rings. The van der Waals surface area contributed by atoms with Crippen molar-refractivity contribution in [2.45, 2.75) is 77.3 Å². The Bertz CT molecular complexity index is 708. The molecule has 0 radical (unpaired) electrons. The zero-order valence-electron chi connectivity index (χ0n) is 17.2. The van der Waals surface area contributed by atoms with E-state index in [0.29, 0.717) is 11.6 Å². The van der Waals surface area contributed by atoms with E-state index in [1.807, 2.05) is 13.8 Å². The van der Waals surface area contributed by atoms with Crippen LogP contribution >= 0.6 is 0 Å². The number of urea groups is 1. The number of carbonyl (C=O) groups excluding carboxylic acids is 2. The summed E-state index contributed by atoms with van der Waals surface area (Å²) >= 11 is 0. The van der Waals surface area contributed by atoms with E-state index >= 15 is 0 Å². The average Bonchev–Trinajstić information content (AvgIpc) is 3.02. The Balaban J connectivity index is 1.42. The van der Waals surface area contributed by atoms with Crippen LogP contribution in [0.1, 0.15) is 64.6 Å². The molecule has 7 nitrogen and oxygen atoms in total. The topological polar surface area (TPSA) is 87.5 Å². The van der Waals surface area contributed by atoms with Crippen LogP contribution in [0, 0.1) is 24.7 Å². The van der Waals surface area contributed by atoms with Crippen LogP contribution in [0.2, 0.25) is 0 Å². The lowest BCUT2D eigenvalue weighted by molar-refractivity contribution is -0.117. The molecule has 3 amide bonds. The lowest BCUT2D eigenvalue weighted by atomic mass is 9.53. The number of carbonyl (C=O) groups is 2. The summed E-state index contributed by atoms with van der Waals surface area (Å²) < 4.78 is 4.99. The summed E-state index contributed by atoms with van der Waals surface area (Å²) in [4.78, 5) is 27.4. The molecule has 0 saturated heterocycles. The highest BCUT2D eigenvalue weighted by molar-refractivity contribution is 5.93. The van der Waals surface area contributed by atoms with Crippen LogP contribution in [-0.4, -0.2) is 40.1 Å². The van der Waals surface area contributed by atoms with Crippen molar-refractivity contribution in [3.05, 3.63) is 11.8 Å². The van der Waals surface area contributed by atoms with E-state index in [2.05, 4.69) is 15.8 Å². The van der Waals surface area contributed by atoms with Crippen LogP contribution < -0.4 is 10.6 Å². The van der Waals surface area contributed by atoms with Gasteiger partial charge in [0.1, 0.15) is 12.3 Å². The maximum absolute atomic E-state index is 13.2. The first kappa shape index (κ1) is 19.3. The van der Waals surface area contributed by atoms with E-state index in [-0.39, 0.29) is 30.1 Å². The van der Waals surface area contributed by atoms with Gasteiger partial charge in [0.25, 0.3) is 0 Å². The van der Waals surface area contributed by atoms with Gasteiger partial charge in [0.05, 0.1) is 0 Å². The van der Waals surface area contributed by atoms with Gasteiger partial charge in [-0.15, -0.1) is 0 Å². The maximum Gasteiger partial charge on any atom is 0.318 e. The number of rotatable bonds is 6. The Labute approximate surface area is 166 Å². The molecule has 0 aromatic carbocycles. The van der Waals surface area contributed by atoms with Gasteiger partial charge in [-0.2, -0.15) is 0 Å². The molecule has 4 bridgehead atoms. The van der Waals surface area contributed by atoms with Crippen LogP contribution in [-0.2, 0) is 4.79 Å². The molecule has 28 heavy (non-hydrogen) atoms. The van der Waals surface area contributed by atoms with E-state index in [1.165, 1.54) is 19.3 Å². The number of nitrogens with one attached hydrogen (secondary N) is 2. The molecule has 2 N–H and O–H groups in total.